The number of hydrogen-bond donors (Lipinski definition) is 2. The van der Waals surface area contributed by atoms with Crippen molar-refractivity contribution in [3.63, 3.8) is 0 Å². The van der Waals surface area contributed by atoms with E-state index in [4.69, 9.17) is 10.8 Å². The first-order valence-electron chi connectivity index (χ1n) is 0.500. The van der Waals surface area contributed by atoms with Crippen LogP contribution < -0.4 is 0 Å². The van der Waals surface area contributed by atoms with E-state index in [2.05, 4.69) is 0 Å². The Morgan fingerprint density at radius 1 is 1.25 bits per heavy atom. The second-order valence-electron chi connectivity index (χ2n) is 0.125. The van der Waals surface area contributed by atoms with Gasteiger partial charge < -0.3 is 0 Å². The third kappa shape index (κ3) is 42.8. The summed E-state index contributed by atoms with van der Waals surface area (Å²) >= 11 is 0. The Bertz CT molecular complexity index is 27.0. The zero-order valence-corrected chi connectivity index (χ0v) is 7.70. The van der Waals surface area contributed by atoms with E-state index >= 15 is 0 Å². The summed E-state index contributed by atoms with van der Waals surface area (Å²) in [5, 5.41) is 11.2. The molecule has 0 aromatic heterocycles. The van der Waals surface area contributed by atoms with Crippen LogP contribution >= 0.6 is 0 Å². The van der Waals surface area contributed by atoms with E-state index in [0.29, 0.717) is 0 Å². The monoisotopic (exact) mass is 252 g/mol. The van der Waals surface area contributed by atoms with Gasteiger partial charge in [0.15, 0.2) is 0 Å². The van der Waals surface area contributed by atoms with Crippen molar-refractivity contribution in [1.82, 2.24) is 0 Å². The average Bonchev–Trinajstić information content (AvgIpc) is 0.918. The first-order valence-corrected chi connectivity index (χ1v) is 0.500. The van der Waals surface area contributed by atoms with Crippen LogP contribution in [-0.4, -0.2) is 33.3 Å². The third-order valence-electron chi connectivity index (χ3n) is 0. The van der Waals surface area contributed by atoms with Crippen molar-refractivity contribution in [1.29, 1.82) is 10.8 Å². The van der Waals surface area contributed by atoms with Crippen molar-refractivity contribution in [3.8, 4) is 0 Å². The molecule has 0 saturated carbocycles. The van der Waals surface area contributed by atoms with Gasteiger partial charge in [0.25, 0.3) is 0 Å². The first kappa shape index (κ1) is 8.85. The normalized spacial score (nSPS) is 2.00. The van der Waals surface area contributed by atoms with Crippen LogP contribution in [0.15, 0.2) is 0 Å². The van der Waals surface area contributed by atoms with Gasteiger partial charge in [0, 0.05) is 0 Å². The molecule has 0 rings (SSSR count). The van der Waals surface area contributed by atoms with Crippen LogP contribution in [-0.2, 0) is 0 Å². The molecule has 0 spiro atoms. The third-order valence-corrected chi connectivity index (χ3v) is 0. The Balaban J connectivity index is 0. The van der Waals surface area contributed by atoms with Gasteiger partial charge in [-0.3, -0.25) is 0 Å². The molecule has 0 atom stereocenters. The molecule has 22 valence electrons. The van der Waals surface area contributed by atoms with E-state index in [-0.39, 0.29) is 27.3 Å². The molecular formula is CH4N2Pb. The Labute approximate surface area is 44.4 Å². The summed E-state index contributed by atoms with van der Waals surface area (Å²) in [6.45, 7) is 0. The topological polar surface area (TPSA) is 47.7 Å². The van der Waals surface area contributed by atoms with Gasteiger partial charge in [-0.15, -0.1) is 0 Å². The standard InChI is InChI=1S/CH2N2.Pb.2H/c2-1-3;;;/h2-3H;;;. The van der Waals surface area contributed by atoms with Crippen molar-refractivity contribution in [2.24, 2.45) is 0 Å². The molecular weight excluding hydrogens is 247 g/mol. The fourth-order valence-corrected chi connectivity index (χ4v) is 0. The zero-order chi connectivity index (χ0) is 2.71. The molecule has 2 nitrogen and oxygen atoms in total. The number of nitrogens with one attached hydrogen (secondary N) is 2. The van der Waals surface area contributed by atoms with E-state index in [1.165, 1.54) is 6.01 Å². The van der Waals surface area contributed by atoms with Crippen LogP contribution in [0.2, 0.25) is 0 Å². The van der Waals surface area contributed by atoms with Gasteiger partial charge in [-0.25, -0.2) is 10.8 Å². The Morgan fingerprint density at radius 2 is 1.25 bits per heavy atom. The van der Waals surface area contributed by atoms with Crippen LogP contribution in [0.1, 0.15) is 0 Å². The fourth-order valence-electron chi connectivity index (χ4n) is 0. The first-order chi connectivity index (χ1) is 1.41. The minimum absolute atomic E-state index is 0. The summed E-state index contributed by atoms with van der Waals surface area (Å²) in [7, 11) is 0. The summed E-state index contributed by atoms with van der Waals surface area (Å²) in [6.07, 6.45) is 0. The maximum atomic E-state index is 5.62. The van der Waals surface area contributed by atoms with E-state index in [1.54, 1.807) is 0 Å². The minimum atomic E-state index is 0. The van der Waals surface area contributed by atoms with Crippen molar-refractivity contribution in [2.45, 2.75) is 0 Å². The van der Waals surface area contributed by atoms with Crippen LogP contribution in [0, 0.1) is 10.8 Å². The Morgan fingerprint density at radius 3 is 1.25 bits per heavy atom. The molecule has 0 fully saturated rings. The van der Waals surface area contributed by atoms with Crippen molar-refractivity contribution >= 4 is 33.3 Å². The summed E-state index contributed by atoms with van der Waals surface area (Å²) in [5.41, 5.74) is 0. The Kier molecular flexibility index (Phi) is 22.8. The number of rotatable bonds is 0. The zero-order valence-electron chi connectivity index (χ0n) is 2.21. The quantitative estimate of drug-likeness (QED) is 0.427. The molecule has 2 radical (unpaired) electrons. The van der Waals surface area contributed by atoms with Gasteiger partial charge in [0.1, 0.15) is 0 Å². The molecule has 0 unspecified atom stereocenters. The Hall–Kier alpha value is 0.302. The van der Waals surface area contributed by atoms with Gasteiger partial charge in [-0.2, -0.15) is 0 Å². The van der Waals surface area contributed by atoms with E-state index in [1.807, 2.05) is 0 Å². The van der Waals surface area contributed by atoms with E-state index < -0.39 is 0 Å². The molecule has 0 aromatic carbocycles. The molecule has 0 heterocycles. The molecule has 0 aliphatic rings. The molecule has 0 amide bonds. The molecule has 0 saturated heterocycles. The summed E-state index contributed by atoms with van der Waals surface area (Å²) in [4.78, 5) is 0. The molecule has 0 bridgehead atoms. The predicted octanol–water partition coefficient (Wildman–Crippen LogP) is -0.598. The second kappa shape index (κ2) is 10.3. The van der Waals surface area contributed by atoms with Crippen LogP contribution in [0.25, 0.3) is 0 Å². The molecule has 0 aliphatic carbocycles. The predicted molar refractivity (Wildman–Crippen MR) is 19.0 cm³/mol. The molecule has 0 aromatic rings. The van der Waals surface area contributed by atoms with Crippen LogP contribution in [0.3, 0.4) is 0 Å². The van der Waals surface area contributed by atoms with Gasteiger partial charge >= 0.3 is 27.3 Å². The van der Waals surface area contributed by atoms with Gasteiger partial charge in [-0.05, 0) is 0 Å². The fraction of sp³-hybridized carbons (Fsp3) is 0. The van der Waals surface area contributed by atoms with Crippen LogP contribution in [0.4, 0.5) is 0 Å². The van der Waals surface area contributed by atoms with Gasteiger partial charge in [0.2, 0.25) is 0 Å². The molecule has 4 heavy (non-hydrogen) atoms. The van der Waals surface area contributed by atoms with Crippen molar-refractivity contribution in [2.75, 3.05) is 0 Å². The van der Waals surface area contributed by atoms with E-state index in [9.17, 15) is 0 Å². The molecule has 0 aliphatic heterocycles. The van der Waals surface area contributed by atoms with Crippen LogP contribution in [0.5, 0.6) is 0 Å². The van der Waals surface area contributed by atoms with Crippen molar-refractivity contribution in [3.05, 3.63) is 0 Å². The summed E-state index contributed by atoms with van der Waals surface area (Å²) in [6, 6.07) is 1.25. The number of hydrogen-bond acceptors (Lipinski definition) is 2. The van der Waals surface area contributed by atoms with Gasteiger partial charge in [0.05, 0.1) is 6.01 Å². The molecule has 2 N–H and O–H groups in total. The van der Waals surface area contributed by atoms with Gasteiger partial charge in [-0.1, -0.05) is 0 Å². The summed E-state index contributed by atoms with van der Waals surface area (Å²) < 4.78 is 0. The van der Waals surface area contributed by atoms with E-state index in [0.717, 1.165) is 0 Å². The second-order valence-corrected chi connectivity index (χ2v) is 0.125. The van der Waals surface area contributed by atoms with Crippen molar-refractivity contribution < 1.29 is 0 Å². The summed E-state index contributed by atoms with van der Waals surface area (Å²) in [5.74, 6) is 0. The maximum absolute atomic E-state index is 5.62. The molecule has 3 heteroatoms. The SMILES string of the molecule is N=C=N.[PbH2]. The average molecular weight is 251 g/mol.